The molecule has 5 heteroatoms. The number of piperidine rings is 1. The van der Waals surface area contributed by atoms with Crippen molar-refractivity contribution in [3.63, 3.8) is 0 Å². The number of halogens is 1. The van der Waals surface area contributed by atoms with Gasteiger partial charge in [0.1, 0.15) is 0 Å². The lowest BCUT2D eigenvalue weighted by atomic mass is 10.1. The quantitative estimate of drug-likeness (QED) is 0.393. The third-order valence-corrected chi connectivity index (χ3v) is 4.48. The first-order chi connectivity index (χ1) is 12.3. The van der Waals surface area contributed by atoms with E-state index in [1.807, 2.05) is 18.2 Å². The Morgan fingerprint density at radius 3 is 2.31 bits per heavy atom. The summed E-state index contributed by atoms with van der Waals surface area (Å²) in [5.41, 5.74) is 9.66. The van der Waals surface area contributed by atoms with Crippen LogP contribution >= 0.6 is 24.0 Å². The van der Waals surface area contributed by atoms with E-state index in [1.165, 1.54) is 36.0 Å². The molecule has 1 aliphatic rings. The Balaban J connectivity index is 0.00000243. The second-order valence-electron chi connectivity index (χ2n) is 6.52. The minimum Gasteiger partial charge on any atom is -0.372 e. The molecular weight excluding hydrogens is 437 g/mol. The first-order valence-electron chi connectivity index (χ1n) is 9.05. The van der Waals surface area contributed by atoms with E-state index in [9.17, 15) is 0 Å². The normalized spacial score (nSPS) is 14.8. The predicted molar refractivity (Wildman–Crippen MR) is 118 cm³/mol. The predicted octanol–water partition coefficient (Wildman–Crippen LogP) is 4.32. The molecule has 0 bridgehead atoms. The van der Waals surface area contributed by atoms with Crippen LogP contribution in [0.25, 0.3) is 0 Å². The Morgan fingerprint density at radius 1 is 0.885 bits per heavy atom. The first kappa shape index (κ1) is 20.7. The summed E-state index contributed by atoms with van der Waals surface area (Å²) in [7, 11) is 0. The molecule has 2 aromatic carbocycles. The molecule has 4 nitrogen and oxygen atoms in total. The maximum absolute atomic E-state index is 6.13. The monoisotopic (exact) mass is 465 g/mol. The lowest BCUT2D eigenvalue weighted by Gasteiger charge is -2.27. The topological polar surface area (TPSA) is 50.9 Å². The molecule has 140 valence electrons. The Labute approximate surface area is 173 Å². The van der Waals surface area contributed by atoms with Gasteiger partial charge in [0.15, 0.2) is 5.96 Å². The van der Waals surface area contributed by atoms with Crippen molar-refractivity contribution in [3.8, 4) is 0 Å². The number of nitrogens with zero attached hydrogens (tertiary/aromatic N) is 2. The van der Waals surface area contributed by atoms with Gasteiger partial charge in [-0.2, -0.15) is 0 Å². The van der Waals surface area contributed by atoms with Gasteiger partial charge in [0.05, 0.1) is 19.8 Å². The maximum atomic E-state index is 6.13. The lowest BCUT2D eigenvalue weighted by Crippen LogP contribution is -2.40. The Hall–Kier alpha value is -1.60. The van der Waals surface area contributed by atoms with Crippen molar-refractivity contribution >= 4 is 29.9 Å². The Morgan fingerprint density at radius 2 is 1.54 bits per heavy atom. The van der Waals surface area contributed by atoms with Crippen molar-refractivity contribution < 1.29 is 4.74 Å². The van der Waals surface area contributed by atoms with Crippen molar-refractivity contribution in [2.45, 2.75) is 39.0 Å². The number of guanidine groups is 1. The smallest absolute Gasteiger partial charge is 0.191 e. The number of rotatable bonds is 6. The highest BCUT2D eigenvalue weighted by Crippen LogP contribution is 2.11. The van der Waals surface area contributed by atoms with Crippen LogP contribution in [0.3, 0.4) is 0 Å². The summed E-state index contributed by atoms with van der Waals surface area (Å²) in [6.45, 7) is 3.92. The molecule has 0 amide bonds. The van der Waals surface area contributed by atoms with Crippen LogP contribution in [0, 0.1) is 0 Å². The second kappa shape index (κ2) is 11.2. The maximum Gasteiger partial charge on any atom is 0.191 e. The fourth-order valence-electron chi connectivity index (χ4n) is 3.07. The van der Waals surface area contributed by atoms with Gasteiger partial charge in [0.25, 0.3) is 0 Å². The molecule has 0 aliphatic carbocycles. The molecule has 1 saturated heterocycles. The molecule has 2 aromatic rings. The number of hydrogen-bond acceptors (Lipinski definition) is 2. The number of ether oxygens (including phenoxy) is 1. The third-order valence-electron chi connectivity index (χ3n) is 4.48. The number of benzene rings is 2. The summed E-state index contributed by atoms with van der Waals surface area (Å²) < 4.78 is 5.81. The largest absolute Gasteiger partial charge is 0.372 e. The van der Waals surface area contributed by atoms with Crippen LogP contribution in [0.1, 0.15) is 36.0 Å². The summed E-state index contributed by atoms with van der Waals surface area (Å²) in [6, 6.07) is 18.6. The van der Waals surface area contributed by atoms with Gasteiger partial charge in [-0.3, -0.25) is 0 Å². The average molecular weight is 465 g/mol. The molecular formula is C21H28IN3O. The summed E-state index contributed by atoms with van der Waals surface area (Å²) >= 11 is 0. The number of likely N-dealkylation sites (tertiary alicyclic amines) is 1. The van der Waals surface area contributed by atoms with Crippen LogP contribution in [-0.4, -0.2) is 23.9 Å². The SMILES string of the molecule is I.NC(=NCc1cccc(COCc2ccccc2)c1)N1CCCCC1. The standard InChI is InChI=1S/C21H27N3O.HI/c22-21(24-12-5-2-6-13-24)23-15-19-10-7-11-20(14-19)17-25-16-18-8-3-1-4-9-18;/h1,3-4,7-11,14H,2,5-6,12-13,15-17H2,(H2,22,23);1H. The van der Waals surface area contributed by atoms with Crippen LogP contribution < -0.4 is 5.73 Å². The van der Waals surface area contributed by atoms with E-state index in [2.05, 4.69) is 46.3 Å². The van der Waals surface area contributed by atoms with E-state index in [1.54, 1.807) is 0 Å². The minimum absolute atomic E-state index is 0. The van der Waals surface area contributed by atoms with Crippen LogP contribution in [0.2, 0.25) is 0 Å². The highest BCUT2D eigenvalue weighted by molar-refractivity contribution is 14.0. The fraction of sp³-hybridized carbons (Fsp3) is 0.381. The molecule has 1 fully saturated rings. The fourth-order valence-corrected chi connectivity index (χ4v) is 3.07. The van der Waals surface area contributed by atoms with Gasteiger partial charge in [-0.25, -0.2) is 4.99 Å². The molecule has 0 atom stereocenters. The van der Waals surface area contributed by atoms with Gasteiger partial charge in [-0.1, -0.05) is 54.6 Å². The summed E-state index contributed by atoms with van der Waals surface area (Å²) in [6.07, 6.45) is 3.73. The van der Waals surface area contributed by atoms with E-state index < -0.39 is 0 Å². The van der Waals surface area contributed by atoms with Crippen LogP contribution in [0.4, 0.5) is 0 Å². The Kier molecular flexibility index (Phi) is 8.91. The molecule has 0 unspecified atom stereocenters. The molecule has 1 heterocycles. The number of nitrogens with two attached hydrogens (primary N) is 1. The van der Waals surface area contributed by atoms with E-state index in [0.717, 1.165) is 13.1 Å². The zero-order valence-corrected chi connectivity index (χ0v) is 17.5. The Bertz CT molecular complexity index is 685. The van der Waals surface area contributed by atoms with Gasteiger partial charge < -0.3 is 15.4 Å². The lowest BCUT2D eigenvalue weighted by molar-refractivity contribution is 0.107. The van der Waals surface area contributed by atoms with Crippen LogP contribution in [0.5, 0.6) is 0 Å². The molecule has 3 rings (SSSR count). The minimum atomic E-state index is 0. The van der Waals surface area contributed by atoms with Gasteiger partial charge in [0, 0.05) is 13.1 Å². The van der Waals surface area contributed by atoms with E-state index >= 15 is 0 Å². The van der Waals surface area contributed by atoms with E-state index in [0.29, 0.717) is 25.7 Å². The van der Waals surface area contributed by atoms with Crippen molar-refractivity contribution in [1.29, 1.82) is 0 Å². The van der Waals surface area contributed by atoms with Crippen molar-refractivity contribution in [1.82, 2.24) is 4.90 Å². The summed E-state index contributed by atoms with van der Waals surface area (Å²) in [5.74, 6) is 0.672. The summed E-state index contributed by atoms with van der Waals surface area (Å²) in [5, 5.41) is 0. The molecule has 0 radical (unpaired) electrons. The second-order valence-corrected chi connectivity index (χ2v) is 6.52. The van der Waals surface area contributed by atoms with Gasteiger partial charge in [-0.05, 0) is 36.0 Å². The molecule has 26 heavy (non-hydrogen) atoms. The van der Waals surface area contributed by atoms with Gasteiger partial charge >= 0.3 is 0 Å². The van der Waals surface area contributed by atoms with Crippen LogP contribution in [-0.2, 0) is 24.5 Å². The van der Waals surface area contributed by atoms with E-state index in [4.69, 9.17) is 10.5 Å². The van der Waals surface area contributed by atoms with Gasteiger partial charge in [0.2, 0.25) is 0 Å². The van der Waals surface area contributed by atoms with Gasteiger partial charge in [-0.15, -0.1) is 24.0 Å². The van der Waals surface area contributed by atoms with E-state index in [-0.39, 0.29) is 24.0 Å². The van der Waals surface area contributed by atoms with Crippen LogP contribution in [0.15, 0.2) is 59.6 Å². The number of aliphatic imine (C=N–C) groups is 1. The molecule has 1 aliphatic heterocycles. The zero-order valence-electron chi connectivity index (χ0n) is 15.1. The average Bonchev–Trinajstić information content (AvgIpc) is 2.68. The highest BCUT2D eigenvalue weighted by Gasteiger charge is 2.11. The summed E-state index contributed by atoms with van der Waals surface area (Å²) in [4.78, 5) is 6.76. The molecule has 0 aromatic heterocycles. The number of hydrogen-bond donors (Lipinski definition) is 1. The third kappa shape index (κ3) is 6.61. The molecule has 2 N–H and O–H groups in total. The molecule has 0 saturated carbocycles. The van der Waals surface area contributed by atoms with Crippen molar-refractivity contribution in [2.75, 3.05) is 13.1 Å². The van der Waals surface area contributed by atoms with Crippen molar-refractivity contribution in [2.24, 2.45) is 10.7 Å². The zero-order chi connectivity index (χ0) is 17.3. The first-order valence-corrected chi connectivity index (χ1v) is 9.05. The van der Waals surface area contributed by atoms with Crippen molar-refractivity contribution in [3.05, 3.63) is 71.3 Å². The molecule has 0 spiro atoms. The highest BCUT2D eigenvalue weighted by atomic mass is 127.